The van der Waals surface area contributed by atoms with E-state index in [2.05, 4.69) is 31.4 Å². The lowest BCUT2D eigenvalue weighted by Crippen LogP contribution is -2.28. The zero-order valence-corrected chi connectivity index (χ0v) is 19.6. The zero-order chi connectivity index (χ0) is 23.5. The number of hydrogen-bond donors (Lipinski definition) is 1. The fourth-order valence-electron chi connectivity index (χ4n) is 3.88. The number of aryl methyl sites for hydroxylation is 1. The van der Waals surface area contributed by atoms with Gasteiger partial charge in [0.2, 0.25) is 0 Å². The summed E-state index contributed by atoms with van der Waals surface area (Å²) < 4.78 is 2.22. The van der Waals surface area contributed by atoms with Crippen molar-refractivity contribution in [2.45, 2.75) is 33.9 Å². The number of hydrogen-bond acceptors (Lipinski definition) is 4. The largest absolute Gasteiger partial charge is 0.478 e. The van der Waals surface area contributed by atoms with Crippen LogP contribution in [0.4, 0.5) is 5.69 Å². The van der Waals surface area contributed by atoms with E-state index in [0.717, 1.165) is 34.7 Å². The summed E-state index contributed by atoms with van der Waals surface area (Å²) in [6.07, 6.45) is 1.94. The van der Waals surface area contributed by atoms with Crippen LogP contribution < -0.4 is 0 Å². The molecule has 7 heteroatoms. The summed E-state index contributed by atoms with van der Waals surface area (Å²) in [6, 6.07) is 18.2. The van der Waals surface area contributed by atoms with Crippen molar-refractivity contribution >= 4 is 40.6 Å². The van der Waals surface area contributed by atoms with Crippen molar-refractivity contribution in [2.24, 2.45) is 4.99 Å². The summed E-state index contributed by atoms with van der Waals surface area (Å²) in [7, 11) is 0. The van der Waals surface area contributed by atoms with E-state index >= 15 is 0 Å². The van der Waals surface area contributed by atoms with Crippen molar-refractivity contribution in [3.63, 3.8) is 0 Å². The van der Waals surface area contributed by atoms with Crippen molar-refractivity contribution in [3.8, 4) is 0 Å². The molecule has 1 aliphatic heterocycles. The predicted molar refractivity (Wildman–Crippen MR) is 133 cm³/mol. The summed E-state index contributed by atoms with van der Waals surface area (Å²) in [5, 5.41) is 9.75. The van der Waals surface area contributed by atoms with Gasteiger partial charge >= 0.3 is 5.97 Å². The van der Waals surface area contributed by atoms with E-state index in [1.165, 1.54) is 11.8 Å². The zero-order valence-electron chi connectivity index (χ0n) is 18.8. The third kappa shape index (κ3) is 4.78. The number of carboxylic acids is 1. The number of carbonyl (C=O) groups is 2. The second kappa shape index (κ2) is 9.50. The third-order valence-electron chi connectivity index (χ3n) is 5.63. The molecule has 0 saturated carbocycles. The molecule has 3 aromatic rings. The van der Waals surface area contributed by atoms with Gasteiger partial charge in [-0.2, -0.15) is 0 Å². The molecule has 0 bridgehead atoms. The molecular weight excluding hydrogens is 434 g/mol. The highest BCUT2D eigenvalue weighted by atomic mass is 32.2. The number of thioether (sulfide) groups is 1. The average Bonchev–Trinajstić information content (AvgIpc) is 3.24. The second-order valence-corrected chi connectivity index (χ2v) is 8.81. The van der Waals surface area contributed by atoms with Crippen LogP contribution in [0.3, 0.4) is 0 Å². The van der Waals surface area contributed by atoms with E-state index in [1.807, 2.05) is 36.4 Å². The fraction of sp³-hybridized carbons (Fsp3) is 0.192. The summed E-state index contributed by atoms with van der Waals surface area (Å²) >= 11 is 1.36. The number of aromatic nitrogens is 1. The first kappa shape index (κ1) is 22.6. The van der Waals surface area contributed by atoms with E-state index in [0.29, 0.717) is 16.6 Å². The van der Waals surface area contributed by atoms with Crippen LogP contribution >= 0.6 is 11.8 Å². The number of amidine groups is 1. The quantitative estimate of drug-likeness (QED) is 0.485. The first-order valence-corrected chi connectivity index (χ1v) is 11.5. The summed E-state index contributed by atoms with van der Waals surface area (Å²) in [6.45, 7) is 7.42. The highest BCUT2D eigenvalue weighted by molar-refractivity contribution is 8.18. The van der Waals surface area contributed by atoms with Crippen LogP contribution in [0.2, 0.25) is 0 Å². The molecule has 0 atom stereocenters. The van der Waals surface area contributed by atoms with Gasteiger partial charge in [-0.15, -0.1) is 0 Å². The average molecular weight is 460 g/mol. The highest BCUT2D eigenvalue weighted by Gasteiger charge is 2.33. The molecule has 2 aromatic carbocycles. The maximum Gasteiger partial charge on any atom is 0.335 e. The molecule has 1 N–H and O–H groups in total. The highest BCUT2D eigenvalue weighted by Crippen LogP contribution is 2.36. The summed E-state index contributed by atoms with van der Waals surface area (Å²) in [5.74, 6) is -1.09. The SMILES string of the molecule is CCn1c(C)cc(/C=C2\SC(=Nc3ccccc3)N(Cc3ccc(C(=O)O)cc3)C2=O)c1C. The minimum Gasteiger partial charge on any atom is -0.478 e. The lowest BCUT2D eigenvalue weighted by molar-refractivity contribution is -0.122. The number of benzene rings is 2. The summed E-state index contributed by atoms with van der Waals surface area (Å²) in [5.41, 5.74) is 5.12. The van der Waals surface area contributed by atoms with Gasteiger partial charge in [-0.25, -0.2) is 9.79 Å². The summed E-state index contributed by atoms with van der Waals surface area (Å²) in [4.78, 5) is 31.6. The third-order valence-corrected chi connectivity index (χ3v) is 6.63. The monoisotopic (exact) mass is 459 g/mol. The van der Waals surface area contributed by atoms with E-state index in [9.17, 15) is 9.59 Å². The van der Waals surface area contributed by atoms with Gasteiger partial charge in [0.15, 0.2) is 5.17 Å². The Balaban J connectivity index is 1.70. The van der Waals surface area contributed by atoms with Gasteiger partial charge in [-0.05, 0) is 80.1 Å². The molecule has 4 rings (SSSR count). The molecule has 33 heavy (non-hydrogen) atoms. The minimum absolute atomic E-state index is 0.113. The van der Waals surface area contributed by atoms with Crippen LogP contribution in [0.15, 0.2) is 70.6 Å². The van der Waals surface area contributed by atoms with Gasteiger partial charge in [-0.3, -0.25) is 9.69 Å². The van der Waals surface area contributed by atoms with E-state index in [-0.39, 0.29) is 11.5 Å². The van der Waals surface area contributed by atoms with Crippen LogP contribution in [0.1, 0.15) is 39.8 Å². The predicted octanol–water partition coefficient (Wildman–Crippen LogP) is 5.63. The molecule has 168 valence electrons. The van der Waals surface area contributed by atoms with Gasteiger partial charge in [0.05, 0.1) is 22.7 Å². The molecule has 0 aliphatic carbocycles. The second-order valence-electron chi connectivity index (χ2n) is 7.80. The van der Waals surface area contributed by atoms with Crippen LogP contribution in [-0.4, -0.2) is 31.6 Å². The molecule has 2 heterocycles. The molecule has 1 aliphatic rings. The van der Waals surface area contributed by atoms with Crippen LogP contribution in [0.25, 0.3) is 6.08 Å². The minimum atomic E-state index is -0.976. The van der Waals surface area contributed by atoms with Crippen molar-refractivity contribution in [1.29, 1.82) is 0 Å². The fourth-order valence-corrected chi connectivity index (χ4v) is 4.87. The van der Waals surface area contributed by atoms with E-state index in [1.54, 1.807) is 29.2 Å². The maximum absolute atomic E-state index is 13.4. The van der Waals surface area contributed by atoms with E-state index in [4.69, 9.17) is 10.1 Å². The first-order valence-electron chi connectivity index (χ1n) is 10.7. The lowest BCUT2D eigenvalue weighted by Gasteiger charge is -2.16. The first-order chi connectivity index (χ1) is 15.9. The number of aromatic carboxylic acids is 1. The van der Waals surface area contributed by atoms with Crippen LogP contribution in [-0.2, 0) is 17.9 Å². The molecule has 1 aromatic heterocycles. The van der Waals surface area contributed by atoms with Crippen molar-refractivity contribution in [3.05, 3.63) is 93.6 Å². The molecule has 1 saturated heterocycles. The number of carboxylic acid groups (broad SMARTS) is 1. The van der Waals surface area contributed by atoms with Gasteiger partial charge in [0.1, 0.15) is 0 Å². The Hall–Kier alpha value is -3.58. The van der Waals surface area contributed by atoms with E-state index < -0.39 is 5.97 Å². The Morgan fingerprint density at radius 2 is 1.79 bits per heavy atom. The number of para-hydroxylation sites is 1. The van der Waals surface area contributed by atoms with Crippen LogP contribution in [0, 0.1) is 13.8 Å². The van der Waals surface area contributed by atoms with Gasteiger partial charge in [0, 0.05) is 17.9 Å². The molecule has 0 radical (unpaired) electrons. The number of nitrogens with zero attached hydrogens (tertiary/aromatic N) is 3. The number of carbonyl (C=O) groups excluding carboxylic acids is 1. The molecule has 1 fully saturated rings. The Bertz CT molecular complexity index is 1260. The smallest absolute Gasteiger partial charge is 0.335 e. The Kier molecular flexibility index (Phi) is 6.51. The van der Waals surface area contributed by atoms with Crippen molar-refractivity contribution in [1.82, 2.24) is 9.47 Å². The van der Waals surface area contributed by atoms with Crippen molar-refractivity contribution < 1.29 is 14.7 Å². The molecule has 0 spiro atoms. The maximum atomic E-state index is 13.4. The molecule has 6 nitrogen and oxygen atoms in total. The lowest BCUT2D eigenvalue weighted by atomic mass is 10.1. The molecular formula is C26H25N3O3S. The van der Waals surface area contributed by atoms with Gasteiger partial charge < -0.3 is 9.67 Å². The normalized spacial score (nSPS) is 16.2. The number of aliphatic imine (C=N–C) groups is 1. The molecule has 1 amide bonds. The molecule has 0 unspecified atom stereocenters. The standard InChI is InChI=1S/C26H25N3O3S/c1-4-28-17(2)14-21(18(28)3)15-23-24(30)29(16-19-10-12-20(13-11-19)25(31)32)26(33-23)27-22-8-6-5-7-9-22/h5-15H,4,16H2,1-3H3,(H,31,32)/b23-15-,27-26?. The number of amides is 1. The topological polar surface area (TPSA) is 74.9 Å². The number of rotatable bonds is 6. The van der Waals surface area contributed by atoms with Crippen molar-refractivity contribution in [2.75, 3.05) is 0 Å². The Morgan fingerprint density at radius 1 is 1.09 bits per heavy atom. The van der Waals surface area contributed by atoms with Gasteiger partial charge in [0.25, 0.3) is 5.91 Å². The van der Waals surface area contributed by atoms with Gasteiger partial charge in [-0.1, -0.05) is 30.3 Å². The Morgan fingerprint density at radius 3 is 2.39 bits per heavy atom. The Labute approximate surface area is 197 Å². The van der Waals surface area contributed by atoms with Crippen LogP contribution in [0.5, 0.6) is 0 Å².